The molecule has 0 heterocycles. The van der Waals surface area contributed by atoms with Crippen molar-refractivity contribution in [2.24, 2.45) is 5.92 Å². The second kappa shape index (κ2) is 4.45. The molecular formula is C12H14BrNO2. The summed E-state index contributed by atoms with van der Waals surface area (Å²) >= 11 is 3.28. The monoisotopic (exact) mass is 283 g/mol. The molecule has 0 bridgehead atoms. The van der Waals surface area contributed by atoms with Crippen molar-refractivity contribution >= 4 is 27.6 Å². The van der Waals surface area contributed by atoms with Gasteiger partial charge in [-0.2, -0.15) is 0 Å². The van der Waals surface area contributed by atoms with E-state index in [4.69, 9.17) is 5.11 Å². The molecule has 0 radical (unpaired) electrons. The van der Waals surface area contributed by atoms with Crippen molar-refractivity contribution in [3.8, 4) is 0 Å². The van der Waals surface area contributed by atoms with Crippen LogP contribution in [0, 0.1) is 5.92 Å². The number of benzene rings is 1. The van der Waals surface area contributed by atoms with Crippen molar-refractivity contribution in [1.29, 1.82) is 0 Å². The van der Waals surface area contributed by atoms with Crippen LogP contribution in [-0.4, -0.2) is 17.1 Å². The molecule has 0 amide bonds. The number of hydrogen-bond donors (Lipinski definition) is 2. The standard InChI is InChI=1S/C12H14BrNO2/c1-7(8-2-3-8)14-11-5-4-9(13)6-10(11)12(15)16/h4-8,14H,2-3H2,1H3,(H,15,16). The summed E-state index contributed by atoms with van der Waals surface area (Å²) in [7, 11) is 0. The SMILES string of the molecule is CC(Nc1ccc(Br)cc1C(=O)O)C1CC1. The van der Waals surface area contributed by atoms with Gasteiger partial charge in [0.2, 0.25) is 0 Å². The molecule has 0 aromatic heterocycles. The van der Waals surface area contributed by atoms with E-state index in [2.05, 4.69) is 28.2 Å². The Labute approximate surface area is 103 Å². The van der Waals surface area contributed by atoms with Crippen LogP contribution >= 0.6 is 15.9 Å². The molecule has 16 heavy (non-hydrogen) atoms. The number of carboxylic acid groups (broad SMARTS) is 1. The third kappa shape index (κ3) is 2.55. The second-order valence-corrected chi connectivity index (χ2v) is 5.18. The molecule has 0 aliphatic heterocycles. The topological polar surface area (TPSA) is 49.3 Å². The third-order valence-electron chi connectivity index (χ3n) is 2.92. The number of nitrogens with one attached hydrogen (secondary N) is 1. The summed E-state index contributed by atoms with van der Waals surface area (Å²) in [6.07, 6.45) is 2.49. The van der Waals surface area contributed by atoms with E-state index in [9.17, 15) is 4.79 Å². The van der Waals surface area contributed by atoms with Crippen molar-refractivity contribution in [3.63, 3.8) is 0 Å². The van der Waals surface area contributed by atoms with Crippen molar-refractivity contribution < 1.29 is 9.90 Å². The summed E-state index contributed by atoms with van der Waals surface area (Å²) in [6, 6.07) is 5.64. The predicted molar refractivity (Wildman–Crippen MR) is 66.9 cm³/mol. The first kappa shape index (κ1) is 11.5. The lowest BCUT2D eigenvalue weighted by Crippen LogP contribution is -2.19. The van der Waals surface area contributed by atoms with E-state index in [-0.39, 0.29) is 0 Å². The van der Waals surface area contributed by atoms with Gasteiger partial charge in [0.25, 0.3) is 0 Å². The first-order valence-corrected chi connectivity index (χ1v) is 6.16. The fraction of sp³-hybridized carbons (Fsp3) is 0.417. The van der Waals surface area contributed by atoms with Crippen molar-refractivity contribution in [1.82, 2.24) is 0 Å². The number of halogens is 1. The average Bonchev–Trinajstić information content (AvgIpc) is 3.03. The Morgan fingerprint density at radius 1 is 1.56 bits per heavy atom. The molecule has 4 heteroatoms. The summed E-state index contributed by atoms with van der Waals surface area (Å²) < 4.78 is 0.787. The lowest BCUT2D eigenvalue weighted by Gasteiger charge is -2.16. The van der Waals surface area contributed by atoms with Crippen molar-refractivity contribution in [3.05, 3.63) is 28.2 Å². The number of carbonyl (C=O) groups is 1. The van der Waals surface area contributed by atoms with Gasteiger partial charge in [0.05, 0.1) is 5.56 Å². The highest BCUT2D eigenvalue weighted by Gasteiger charge is 2.28. The Kier molecular flexibility index (Phi) is 3.19. The Bertz CT molecular complexity index is 415. The molecule has 2 rings (SSSR count). The molecule has 1 fully saturated rings. The summed E-state index contributed by atoms with van der Waals surface area (Å²) in [5, 5.41) is 12.4. The molecule has 1 aliphatic rings. The zero-order chi connectivity index (χ0) is 11.7. The van der Waals surface area contributed by atoms with Gasteiger partial charge in [-0.15, -0.1) is 0 Å². The van der Waals surface area contributed by atoms with Gasteiger partial charge in [0.15, 0.2) is 0 Å². The second-order valence-electron chi connectivity index (χ2n) is 4.27. The highest BCUT2D eigenvalue weighted by Crippen LogP contribution is 2.34. The molecular weight excluding hydrogens is 270 g/mol. The van der Waals surface area contributed by atoms with Gasteiger partial charge in [-0.25, -0.2) is 4.79 Å². The largest absolute Gasteiger partial charge is 0.478 e. The van der Waals surface area contributed by atoms with Crippen LogP contribution in [0.1, 0.15) is 30.1 Å². The molecule has 0 saturated heterocycles. The maximum atomic E-state index is 11.1. The maximum Gasteiger partial charge on any atom is 0.337 e. The lowest BCUT2D eigenvalue weighted by molar-refractivity contribution is 0.0698. The van der Waals surface area contributed by atoms with E-state index in [1.807, 2.05) is 12.1 Å². The Morgan fingerprint density at radius 3 is 2.81 bits per heavy atom. The lowest BCUT2D eigenvalue weighted by atomic mass is 10.1. The summed E-state index contributed by atoms with van der Waals surface area (Å²) in [5.41, 5.74) is 1.02. The Balaban J connectivity index is 2.21. The summed E-state index contributed by atoms with van der Waals surface area (Å²) in [4.78, 5) is 11.1. The van der Waals surface area contributed by atoms with Gasteiger partial charge in [-0.1, -0.05) is 15.9 Å². The van der Waals surface area contributed by atoms with Crippen molar-refractivity contribution in [2.75, 3.05) is 5.32 Å². The van der Waals surface area contributed by atoms with Gasteiger partial charge in [0.1, 0.15) is 0 Å². The Hall–Kier alpha value is -1.03. The number of carboxylic acids is 1. The number of anilines is 1. The molecule has 0 spiro atoms. The fourth-order valence-electron chi connectivity index (χ4n) is 1.78. The van der Waals surface area contributed by atoms with Crippen LogP contribution in [-0.2, 0) is 0 Å². The van der Waals surface area contributed by atoms with E-state index in [1.54, 1.807) is 6.07 Å². The zero-order valence-electron chi connectivity index (χ0n) is 9.03. The Morgan fingerprint density at radius 2 is 2.25 bits per heavy atom. The smallest absolute Gasteiger partial charge is 0.337 e. The van der Waals surface area contributed by atoms with E-state index in [0.29, 0.717) is 23.2 Å². The van der Waals surface area contributed by atoms with Crippen LogP contribution in [0.4, 0.5) is 5.69 Å². The highest BCUT2D eigenvalue weighted by atomic mass is 79.9. The normalized spacial score (nSPS) is 16.9. The molecule has 1 unspecified atom stereocenters. The summed E-state index contributed by atoms with van der Waals surface area (Å²) in [5.74, 6) is -0.197. The highest BCUT2D eigenvalue weighted by molar-refractivity contribution is 9.10. The van der Waals surface area contributed by atoms with Gasteiger partial charge < -0.3 is 10.4 Å². The molecule has 1 aliphatic carbocycles. The molecule has 1 atom stereocenters. The third-order valence-corrected chi connectivity index (χ3v) is 3.42. The minimum Gasteiger partial charge on any atom is -0.478 e. The predicted octanol–water partition coefficient (Wildman–Crippen LogP) is 3.36. The first-order valence-electron chi connectivity index (χ1n) is 5.37. The van der Waals surface area contributed by atoms with Gasteiger partial charge in [-0.05, 0) is 43.9 Å². The number of hydrogen-bond acceptors (Lipinski definition) is 2. The molecule has 86 valence electrons. The van der Waals surface area contributed by atoms with E-state index in [0.717, 1.165) is 4.47 Å². The van der Waals surface area contributed by atoms with Crippen molar-refractivity contribution in [2.45, 2.75) is 25.8 Å². The van der Waals surface area contributed by atoms with Crippen LogP contribution < -0.4 is 5.32 Å². The van der Waals surface area contributed by atoms with Gasteiger partial charge in [-0.3, -0.25) is 0 Å². The minimum atomic E-state index is -0.896. The maximum absolute atomic E-state index is 11.1. The molecule has 3 nitrogen and oxygen atoms in total. The van der Waals surface area contributed by atoms with Crippen LogP contribution in [0.15, 0.2) is 22.7 Å². The molecule has 1 aromatic rings. The fourth-order valence-corrected chi connectivity index (χ4v) is 2.14. The quantitative estimate of drug-likeness (QED) is 0.891. The van der Waals surface area contributed by atoms with Crippen LogP contribution in [0.25, 0.3) is 0 Å². The summed E-state index contributed by atoms with van der Waals surface area (Å²) in [6.45, 7) is 2.10. The minimum absolute atomic E-state index is 0.321. The molecule has 2 N–H and O–H groups in total. The average molecular weight is 284 g/mol. The van der Waals surface area contributed by atoms with Crippen LogP contribution in [0.3, 0.4) is 0 Å². The number of rotatable bonds is 4. The van der Waals surface area contributed by atoms with E-state index < -0.39 is 5.97 Å². The number of aromatic carboxylic acids is 1. The molecule has 1 saturated carbocycles. The van der Waals surface area contributed by atoms with Crippen LogP contribution in [0.2, 0.25) is 0 Å². The van der Waals surface area contributed by atoms with Crippen LogP contribution in [0.5, 0.6) is 0 Å². The van der Waals surface area contributed by atoms with E-state index in [1.165, 1.54) is 12.8 Å². The van der Waals surface area contributed by atoms with Gasteiger partial charge >= 0.3 is 5.97 Å². The van der Waals surface area contributed by atoms with Gasteiger partial charge in [0, 0.05) is 16.2 Å². The zero-order valence-corrected chi connectivity index (χ0v) is 10.6. The molecule has 1 aromatic carbocycles. The van der Waals surface area contributed by atoms with E-state index >= 15 is 0 Å². The first-order chi connectivity index (χ1) is 7.58.